The van der Waals surface area contributed by atoms with Crippen molar-refractivity contribution in [3.63, 3.8) is 0 Å². The summed E-state index contributed by atoms with van der Waals surface area (Å²) in [5.74, 6) is -0.830. The van der Waals surface area contributed by atoms with E-state index in [9.17, 15) is 4.79 Å². The molecule has 0 aromatic rings. The van der Waals surface area contributed by atoms with Crippen molar-refractivity contribution in [3.05, 3.63) is 11.6 Å². The van der Waals surface area contributed by atoms with E-state index in [-0.39, 0.29) is 13.5 Å². The lowest BCUT2D eigenvalue weighted by Gasteiger charge is -2.09. The Balaban J connectivity index is 0. The zero-order valence-electron chi connectivity index (χ0n) is 9.04. The maximum absolute atomic E-state index is 10.5. The molecular formula is C9H20O3SSi. The molecule has 0 aromatic heterocycles. The highest BCUT2D eigenvalue weighted by atomic mass is 32.1. The highest BCUT2D eigenvalue weighted by Gasteiger charge is 2.07. The molecule has 0 amide bonds. The number of carboxylic acids is 1. The van der Waals surface area contributed by atoms with Crippen molar-refractivity contribution in [3.8, 4) is 0 Å². The molecule has 84 valence electrons. The summed E-state index contributed by atoms with van der Waals surface area (Å²) in [6.07, 6.45) is 2.79. The third-order valence-electron chi connectivity index (χ3n) is 1.88. The molecule has 0 rings (SSSR count). The molecular weight excluding hydrogens is 216 g/mol. The summed E-state index contributed by atoms with van der Waals surface area (Å²) in [6, 6.07) is 0. The van der Waals surface area contributed by atoms with Crippen LogP contribution in [0, 0.1) is 0 Å². The molecule has 0 bridgehead atoms. The topological polar surface area (TPSA) is 46.5 Å². The smallest absolute Gasteiger partial charge is 0.330 e. The summed E-state index contributed by atoms with van der Waals surface area (Å²) in [5.41, 5.74) is 0.787. The van der Waals surface area contributed by atoms with Gasteiger partial charge in [-0.25, -0.2) is 4.79 Å². The number of hydrogen-bond donors (Lipinski definition) is 1. The van der Waals surface area contributed by atoms with E-state index in [2.05, 4.69) is 6.92 Å². The minimum Gasteiger partial charge on any atom is -0.478 e. The summed E-state index contributed by atoms with van der Waals surface area (Å²) < 4.78 is 5.37. The lowest BCUT2D eigenvalue weighted by atomic mass is 10.2. The van der Waals surface area contributed by atoms with Crippen LogP contribution >= 0.6 is 13.5 Å². The predicted octanol–water partition coefficient (Wildman–Crippen LogP) is 1.45. The van der Waals surface area contributed by atoms with Gasteiger partial charge in [0.2, 0.25) is 0 Å². The number of carbonyl (C=O) groups is 1. The van der Waals surface area contributed by atoms with Gasteiger partial charge in [0.25, 0.3) is 0 Å². The quantitative estimate of drug-likeness (QED) is 0.561. The van der Waals surface area contributed by atoms with Crippen LogP contribution in [0.25, 0.3) is 0 Å². The lowest BCUT2D eigenvalue weighted by Crippen LogP contribution is -2.07. The van der Waals surface area contributed by atoms with Crippen LogP contribution in [-0.4, -0.2) is 27.4 Å². The standard InChI is InChI=1S/C9H18O3Si.H2S/c1-4-8(13-12-5-2)6-7(3)9(10)11;/h6,8H,4-5,13H2,1-3H3,(H,10,11);1H2. The Morgan fingerprint density at radius 2 is 2.14 bits per heavy atom. The molecule has 5 heteroatoms. The second-order valence-corrected chi connectivity index (χ2v) is 4.77. The third kappa shape index (κ3) is 7.17. The lowest BCUT2D eigenvalue weighted by molar-refractivity contribution is -0.132. The highest BCUT2D eigenvalue weighted by molar-refractivity contribution is 7.59. The largest absolute Gasteiger partial charge is 0.478 e. The van der Waals surface area contributed by atoms with Gasteiger partial charge in [-0.3, -0.25) is 0 Å². The second-order valence-electron chi connectivity index (χ2n) is 2.98. The van der Waals surface area contributed by atoms with Crippen molar-refractivity contribution in [2.24, 2.45) is 0 Å². The fraction of sp³-hybridized carbons (Fsp3) is 0.667. The van der Waals surface area contributed by atoms with Gasteiger partial charge in [-0.1, -0.05) is 19.4 Å². The number of hydrogen-bond acceptors (Lipinski definition) is 2. The first-order chi connectivity index (χ1) is 6.11. The summed E-state index contributed by atoms with van der Waals surface area (Å²) in [6.45, 7) is 6.39. The summed E-state index contributed by atoms with van der Waals surface area (Å²) >= 11 is 0. The van der Waals surface area contributed by atoms with E-state index in [0.717, 1.165) is 13.0 Å². The van der Waals surface area contributed by atoms with Crippen LogP contribution in [0.5, 0.6) is 0 Å². The predicted molar refractivity (Wildman–Crippen MR) is 66.0 cm³/mol. The molecule has 0 radical (unpaired) electrons. The van der Waals surface area contributed by atoms with Gasteiger partial charge >= 0.3 is 5.97 Å². The first-order valence-corrected chi connectivity index (χ1v) is 6.00. The van der Waals surface area contributed by atoms with Gasteiger partial charge in [0, 0.05) is 12.2 Å². The Morgan fingerprint density at radius 1 is 1.57 bits per heavy atom. The summed E-state index contributed by atoms with van der Waals surface area (Å²) in [7, 11) is -0.589. The number of allylic oxidation sites excluding steroid dienone is 1. The molecule has 1 unspecified atom stereocenters. The van der Waals surface area contributed by atoms with Crippen LogP contribution in [0.2, 0.25) is 5.54 Å². The van der Waals surface area contributed by atoms with Crippen molar-refractivity contribution in [1.82, 2.24) is 0 Å². The van der Waals surface area contributed by atoms with E-state index >= 15 is 0 Å². The summed E-state index contributed by atoms with van der Waals surface area (Å²) in [5, 5.41) is 8.66. The van der Waals surface area contributed by atoms with Gasteiger partial charge < -0.3 is 9.53 Å². The molecule has 0 fully saturated rings. The fourth-order valence-corrected chi connectivity index (χ4v) is 2.20. The van der Waals surface area contributed by atoms with Crippen molar-refractivity contribution in [2.75, 3.05) is 6.61 Å². The Bertz CT molecular complexity index is 194. The van der Waals surface area contributed by atoms with E-state index in [0.29, 0.717) is 11.1 Å². The molecule has 0 aromatic carbocycles. The average Bonchev–Trinajstić information content (AvgIpc) is 2.11. The zero-order valence-corrected chi connectivity index (χ0v) is 11.5. The maximum Gasteiger partial charge on any atom is 0.330 e. The van der Waals surface area contributed by atoms with Crippen LogP contribution in [0.3, 0.4) is 0 Å². The van der Waals surface area contributed by atoms with Gasteiger partial charge in [-0.15, -0.1) is 0 Å². The van der Waals surface area contributed by atoms with Crippen LogP contribution in [0.1, 0.15) is 27.2 Å². The maximum atomic E-state index is 10.5. The molecule has 14 heavy (non-hydrogen) atoms. The van der Waals surface area contributed by atoms with Crippen molar-refractivity contribution in [2.45, 2.75) is 32.7 Å². The minimum absolute atomic E-state index is 0. The number of carboxylic acid groups (broad SMARTS) is 1. The Hall–Kier alpha value is -0.263. The monoisotopic (exact) mass is 236 g/mol. The van der Waals surface area contributed by atoms with Crippen molar-refractivity contribution in [1.29, 1.82) is 0 Å². The van der Waals surface area contributed by atoms with E-state index in [1.165, 1.54) is 0 Å². The van der Waals surface area contributed by atoms with E-state index in [1.807, 2.05) is 13.0 Å². The average molecular weight is 236 g/mol. The van der Waals surface area contributed by atoms with E-state index in [4.69, 9.17) is 9.53 Å². The van der Waals surface area contributed by atoms with Gasteiger partial charge in [-0.05, 0) is 19.4 Å². The van der Waals surface area contributed by atoms with Crippen LogP contribution in [0.4, 0.5) is 0 Å². The molecule has 0 saturated heterocycles. The fourth-order valence-electron chi connectivity index (χ4n) is 0.978. The Labute approximate surface area is 94.9 Å². The Morgan fingerprint density at radius 3 is 2.50 bits per heavy atom. The molecule has 3 nitrogen and oxygen atoms in total. The molecule has 0 aliphatic heterocycles. The molecule has 0 aliphatic carbocycles. The van der Waals surface area contributed by atoms with Crippen LogP contribution < -0.4 is 0 Å². The third-order valence-corrected chi connectivity index (χ3v) is 3.77. The van der Waals surface area contributed by atoms with Gasteiger partial charge in [0.15, 0.2) is 9.76 Å². The van der Waals surface area contributed by atoms with Gasteiger partial charge in [0.05, 0.1) is 0 Å². The van der Waals surface area contributed by atoms with Gasteiger partial charge in [0.1, 0.15) is 0 Å². The van der Waals surface area contributed by atoms with Crippen LogP contribution in [-0.2, 0) is 9.22 Å². The van der Waals surface area contributed by atoms with Crippen molar-refractivity contribution < 1.29 is 14.3 Å². The molecule has 0 aliphatic rings. The number of aliphatic carboxylic acids is 1. The first-order valence-electron chi connectivity index (χ1n) is 4.61. The molecule has 1 atom stereocenters. The zero-order chi connectivity index (χ0) is 10.3. The highest BCUT2D eigenvalue weighted by Crippen LogP contribution is 2.13. The van der Waals surface area contributed by atoms with E-state index in [1.54, 1.807) is 6.92 Å². The normalized spacial score (nSPS) is 14.1. The molecule has 0 saturated carbocycles. The molecule has 1 N–H and O–H groups in total. The van der Waals surface area contributed by atoms with E-state index < -0.39 is 15.7 Å². The van der Waals surface area contributed by atoms with Gasteiger partial charge in [-0.2, -0.15) is 13.5 Å². The SMILES string of the molecule is CCO[SiH2]C(C=C(C)C(=O)O)CC.S. The van der Waals surface area contributed by atoms with Crippen LogP contribution in [0.15, 0.2) is 11.6 Å². The Kier molecular flexibility index (Phi) is 10.7. The number of rotatable bonds is 6. The molecule has 0 spiro atoms. The van der Waals surface area contributed by atoms with Crippen molar-refractivity contribution >= 4 is 29.2 Å². The summed E-state index contributed by atoms with van der Waals surface area (Å²) in [4.78, 5) is 10.5. The second kappa shape index (κ2) is 9.30. The first kappa shape index (κ1) is 16.2. The molecule has 0 heterocycles. The minimum atomic E-state index is -0.830.